The number of halogens is 1. The van der Waals surface area contributed by atoms with E-state index >= 15 is 0 Å². The molecule has 0 bridgehead atoms. The zero-order chi connectivity index (χ0) is 19.2. The maximum atomic E-state index is 12.3. The van der Waals surface area contributed by atoms with Gasteiger partial charge in [-0.1, -0.05) is 42.1 Å². The molecule has 0 saturated carbocycles. The van der Waals surface area contributed by atoms with E-state index in [0.717, 1.165) is 20.2 Å². The van der Waals surface area contributed by atoms with Crippen LogP contribution in [-0.4, -0.2) is 23.2 Å². The molecular weight excluding hydrogens is 446 g/mol. The molecule has 2 aromatic rings. The summed E-state index contributed by atoms with van der Waals surface area (Å²) in [6.07, 6.45) is 1.77. The summed E-state index contributed by atoms with van der Waals surface area (Å²) in [6.45, 7) is 2.45. The summed E-state index contributed by atoms with van der Waals surface area (Å²) in [5.41, 5.74) is 2.47. The van der Waals surface area contributed by atoms with E-state index in [0.29, 0.717) is 23.8 Å². The number of rotatable bonds is 6. The lowest BCUT2D eigenvalue weighted by Crippen LogP contribution is -1.97. The van der Waals surface area contributed by atoms with Crippen LogP contribution >= 0.6 is 39.5 Å². The van der Waals surface area contributed by atoms with Crippen molar-refractivity contribution in [3.8, 4) is 11.5 Å². The minimum atomic E-state index is -0.0467. The van der Waals surface area contributed by atoms with E-state index < -0.39 is 0 Å². The fourth-order valence-corrected chi connectivity index (χ4v) is 4.81. The van der Waals surface area contributed by atoms with Crippen molar-refractivity contribution >= 4 is 55.0 Å². The quantitative estimate of drug-likeness (QED) is 0.509. The lowest BCUT2D eigenvalue weighted by molar-refractivity contribution is -0.107. The van der Waals surface area contributed by atoms with Gasteiger partial charge in [0.25, 0.3) is 0 Å². The van der Waals surface area contributed by atoms with Crippen molar-refractivity contribution in [3.63, 3.8) is 0 Å². The van der Waals surface area contributed by atoms with Crippen LogP contribution < -0.4 is 9.47 Å². The molecule has 1 aliphatic rings. The number of benzene rings is 2. The van der Waals surface area contributed by atoms with Crippen LogP contribution in [0.15, 0.2) is 57.6 Å². The third-order valence-corrected chi connectivity index (χ3v) is 6.32. The maximum absolute atomic E-state index is 12.3. The molecule has 0 unspecified atom stereocenters. The van der Waals surface area contributed by atoms with E-state index in [1.54, 1.807) is 24.9 Å². The third kappa shape index (κ3) is 5.18. The molecule has 1 heterocycles. The summed E-state index contributed by atoms with van der Waals surface area (Å²) in [6, 6.07) is 13.9. The van der Waals surface area contributed by atoms with Gasteiger partial charge < -0.3 is 9.47 Å². The van der Waals surface area contributed by atoms with Crippen molar-refractivity contribution in [2.45, 2.75) is 12.7 Å². The van der Waals surface area contributed by atoms with Gasteiger partial charge in [0.15, 0.2) is 11.5 Å². The Hall–Kier alpha value is -1.70. The highest BCUT2D eigenvalue weighted by molar-refractivity contribution is 9.10. The molecule has 0 saturated heterocycles. The van der Waals surface area contributed by atoms with Gasteiger partial charge in [0.2, 0.25) is 5.12 Å². The minimum Gasteiger partial charge on any atom is -0.493 e. The summed E-state index contributed by atoms with van der Waals surface area (Å²) in [7, 11) is 1.59. The monoisotopic (exact) mass is 463 g/mol. The van der Waals surface area contributed by atoms with Crippen molar-refractivity contribution in [1.82, 2.24) is 0 Å². The van der Waals surface area contributed by atoms with Gasteiger partial charge in [0.05, 0.1) is 18.2 Å². The highest BCUT2D eigenvalue weighted by atomic mass is 79.9. The Bertz CT molecular complexity index is 898. The van der Waals surface area contributed by atoms with Gasteiger partial charge in [0.1, 0.15) is 10.1 Å². The molecule has 0 aromatic heterocycles. The Morgan fingerprint density at radius 3 is 2.74 bits per heavy atom. The zero-order valence-corrected chi connectivity index (χ0v) is 18.1. The average Bonchev–Trinajstić information content (AvgIpc) is 3.02. The summed E-state index contributed by atoms with van der Waals surface area (Å²) < 4.78 is 12.6. The molecule has 0 N–H and O–H groups in total. The predicted octanol–water partition coefficient (Wildman–Crippen LogP) is 5.76. The molecule has 4 nitrogen and oxygen atoms in total. The largest absolute Gasteiger partial charge is 0.493 e. The molecule has 0 spiro atoms. The molecule has 2 aromatic carbocycles. The third-order valence-electron chi connectivity index (χ3n) is 3.65. The first-order valence-electron chi connectivity index (χ1n) is 8.30. The molecule has 0 amide bonds. The number of carbonyl (C=O) groups is 1. The van der Waals surface area contributed by atoms with E-state index in [1.807, 2.05) is 37.3 Å². The highest BCUT2D eigenvalue weighted by Gasteiger charge is 2.23. The summed E-state index contributed by atoms with van der Waals surface area (Å²) in [5, 5.41) is -0.0467. The normalized spacial score (nSPS) is 15.1. The number of ether oxygens (including phenoxy) is 2. The van der Waals surface area contributed by atoms with Crippen molar-refractivity contribution < 1.29 is 14.3 Å². The number of aliphatic imine (C=N–C) groups is 1. The van der Waals surface area contributed by atoms with Crippen LogP contribution in [0.3, 0.4) is 0 Å². The summed E-state index contributed by atoms with van der Waals surface area (Å²) >= 11 is 6.25. The van der Waals surface area contributed by atoms with Crippen molar-refractivity contribution in [2.24, 2.45) is 4.99 Å². The number of thioether (sulfide) groups is 2. The zero-order valence-electron chi connectivity index (χ0n) is 14.9. The lowest BCUT2D eigenvalue weighted by Gasteiger charge is -2.12. The van der Waals surface area contributed by atoms with Gasteiger partial charge in [-0.3, -0.25) is 4.79 Å². The van der Waals surface area contributed by atoms with Gasteiger partial charge in [-0.15, -0.1) is 0 Å². The Kier molecular flexibility index (Phi) is 7.04. The van der Waals surface area contributed by atoms with E-state index in [-0.39, 0.29) is 5.12 Å². The molecule has 140 valence electrons. The van der Waals surface area contributed by atoms with Gasteiger partial charge in [-0.25, -0.2) is 4.99 Å². The van der Waals surface area contributed by atoms with Crippen LogP contribution in [0, 0.1) is 0 Å². The summed E-state index contributed by atoms with van der Waals surface area (Å²) in [5.74, 6) is 2.05. The number of hydrogen-bond donors (Lipinski definition) is 0. The number of methoxy groups -OCH3 is 1. The van der Waals surface area contributed by atoms with Crippen LogP contribution in [0.25, 0.3) is 6.08 Å². The molecule has 7 heteroatoms. The average molecular weight is 464 g/mol. The molecule has 0 aliphatic carbocycles. The first-order chi connectivity index (χ1) is 13.1. The molecule has 0 atom stereocenters. The van der Waals surface area contributed by atoms with Crippen LogP contribution in [0.2, 0.25) is 0 Å². The molecule has 0 radical (unpaired) electrons. The van der Waals surface area contributed by atoms with Gasteiger partial charge in [-0.2, -0.15) is 0 Å². The lowest BCUT2D eigenvalue weighted by atomic mass is 10.1. The second kappa shape index (κ2) is 9.48. The Morgan fingerprint density at radius 2 is 2.04 bits per heavy atom. The Labute approximate surface area is 175 Å². The minimum absolute atomic E-state index is 0.0467. The van der Waals surface area contributed by atoms with Crippen molar-refractivity contribution in [2.75, 3.05) is 13.7 Å². The topological polar surface area (TPSA) is 47.9 Å². The molecule has 3 rings (SSSR count). The molecule has 0 fully saturated rings. The highest BCUT2D eigenvalue weighted by Crippen LogP contribution is 2.38. The van der Waals surface area contributed by atoms with Gasteiger partial charge in [-0.05, 0) is 64.0 Å². The first kappa shape index (κ1) is 20.0. The standard InChI is InChI=1S/C20H18BrNO3S2/c1-3-25-18-15(21)9-14(11-17(18)24-2)10-16-19(23)27-20(22-16)26-12-13-7-5-4-6-8-13/h4-11H,3,12H2,1-2H3/b16-10-. The Morgan fingerprint density at radius 1 is 1.26 bits per heavy atom. The Balaban J connectivity index is 1.78. The fraction of sp³-hybridized carbons (Fsp3) is 0.200. The first-order valence-corrected chi connectivity index (χ1v) is 10.9. The second-order valence-electron chi connectivity index (χ2n) is 5.54. The van der Waals surface area contributed by atoms with E-state index in [1.165, 1.54) is 17.3 Å². The van der Waals surface area contributed by atoms with Crippen LogP contribution in [-0.2, 0) is 10.5 Å². The smallest absolute Gasteiger partial charge is 0.244 e. The van der Waals surface area contributed by atoms with Gasteiger partial charge >= 0.3 is 0 Å². The predicted molar refractivity (Wildman–Crippen MR) is 118 cm³/mol. The summed E-state index contributed by atoms with van der Waals surface area (Å²) in [4.78, 5) is 16.8. The van der Waals surface area contributed by atoms with Crippen LogP contribution in [0.5, 0.6) is 11.5 Å². The van der Waals surface area contributed by atoms with Crippen molar-refractivity contribution in [1.29, 1.82) is 0 Å². The van der Waals surface area contributed by atoms with Crippen LogP contribution in [0.1, 0.15) is 18.1 Å². The van der Waals surface area contributed by atoms with Gasteiger partial charge in [0, 0.05) is 5.75 Å². The number of nitrogens with zero attached hydrogens (tertiary/aromatic N) is 1. The van der Waals surface area contributed by atoms with Crippen LogP contribution in [0.4, 0.5) is 0 Å². The van der Waals surface area contributed by atoms with E-state index in [9.17, 15) is 4.79 Å². The maximum Gasteiger partial charge on any atom is 0.244 e. The molecule has 1 aliphatic heterocycles. The number of carbonyl (C=O) groups excluding carboxylic acids is 1. The fourth-order valence-electron chi connectivity index (χ4n) is 2.44. The second-order valence-corrected chi connectivity index (χ2v) is 8.58. The number of hydrogen-bond acceptors (Lipinski definition) is 6. The van der Waals surface area contributed by atoms with E-state index in [4.69, 9.17) is 9.47 Å². The molecular formula is C20H18BrNO3S2. The van der Waals surface area contributed by atoms with E-state index in [2.05, 4.69) is 33.1 Å². The van der Waals surface area contributed by atoms with Crippen molar-refractivity contribution in [3.05, 3.63) is 63.8 Å². The SMILES string of the molecule is CCOc1c(Br)cc(/C=C2\N=C(SCc3ccccc3)SC2=O)cc1OC. The molecule has 27 heavy (non-hydrogen) atoms.